The van der Waals surface area contributed by atoms with E-state index >= 15 is 0 Å². The summed E-state index contributed by atoms with van der Waals surface area (Å²) in [5.41, 5.74) is 3.82. The molecule has 0 saturated heterocycles. The van der Waals surface area contributed by atoms with Crippen LogP contribution in [0.1, 0.15) is 10.4 Å². The van der Waals surface area contributed by atoms with E-state index in [9.17, 15) is 4.79 Å². The van der Waals surface area contributed by atoms with Crippen LogP contribution < -0.4 is 0 Å². The van der Waals surface area contributed by atoms with Crippen molar-refractivity contribution in [1.82, 2.24) is 0 Å². The summed E-state index contributed by atoms with van der Waals surface area (Å²) in [4.78, 5) is 12.8. The van der Waals surface area contributed by atoms with Crippen LogP contribution in [0.25, 0.3) is 33.8 Å². The lowest BCUT2D eigenvalue weighted by molar-refractivity contribution is 0.0602. The topological polar surface area (TPSA) is 39.4 Å². The third kappa shape index (κ3) is 3.15. The summed E-state index contributed by atoms with van der Waals surface area (Å²) in [6.45, 7) is 0. The maximum atomic E-state index is 12.8. The molecule has 4 aromatic rings. The number of carbonyl (C=O) groups is 1. The highest BCUT2D eigenvalue weighted by atomic mass is 16.5. The van der Waals surface area contributed by atoms with Gasteiger partial charge in [-0.1, -0.05) is 91.0 Å². The number of furan rings is 1. The van der Waals surface area contributed by atoms with Crippen molar-refractivity contribution in [2.45, 2.75) is 0 Å². The smallest absolute Gasteiger partial charge is 0.342 e. The van der Waals surface area contributed by atoms with Gasteiger partial charge in [-0.05, 0) is 5.56 Å². The third-order valence-corrected chi connectivity index (χ3v) is 4.43. The first-order valence-corrected chi connectivity index (χ1v) is 8.71. The minimum Gasteiger partial charge on any atom is -0.465 e. The molecular formula is C24H18O3. The Morgan fingerprint density at radius 1 is 0.667 bits per heavy atom. The SMILES string of the molecule is COC(=O)c1c(-c2ccccc2)oc(-c2ccccc2)c1-c1ccccc1. The molecule has 0 radical (unpaired) electrons. The lowest BCUT2D eigenvalue weighted by Gasteiger charge is -2.06. The van der Waals surface area contributed by atoms with Crippen molar-refractivity contribution >= 4 is 5.97 Å². The van der Waals surface area contributed by atoms with Gasteiger partial charge in [0.25, 0.3) is 0 Å². The zero-order chi connectivity index (χ0) is 18.6. The largest absolute Gasteiger partial charge is 0.465 e. The normalized spacial score (nSPS) is 10.6. The number of carbonyl (C=O) groups excluding carboxylic acids is 1. The number of methoxy groups -OCH3 is 1. The van der Waals surface area contributed by atoms with E-state index in [1.807, 2.05) is 91.0 Å². The Morgan fingerprint density at radius 3 is 1.59 bits per heavy atom. The van der Waals surface area contributed by atoms with Gasteiger partial charge < -0.3 is 9.15 Å². The van der Waals surface area contributed by atoms with E-state index in [0.717, 1.165) is 22.3 Å². The molecule has 0 unspecified atom stereocenters. The molecular weight excluding hydrogens is 336 g/mol. The molecule has 0 spiro atoms. The van der Waals surface area contributed by atoms with Crippen molar-refractivity contribution in [2.24, 2.45) is 0 Å². The summed E-state index contributed by atoms with van der Waals surface area (Å²) in [5.74, 6) is 0.750. The molecule has 4 rings (SSSR count). The van der Waals surface area contributed by atoms with Crippen molar-refractivity contribution < 1.29 is 13.9 Å². The summed E-state index contributed by atoms with van der Waals surface area (Å²) in [6.07, 6.45) is 0. The van der Waals surface area contributed by atoms with Crippen LogP contribution in [-0.4, -0.2) is 13.1 Å². The molecule has 3 heteroatoms. The average molecular weight is 354 g/mol. The predicted octanol–water partition coefficient (Wildman–Crippen LogP) is 6.07. The lowest BCUT2D eigenvalue weighted by Crippen LogP contribution is -2.03. The number of ether oxygens (including phenoxy) is 1. The molecule has 132 valence electrons. The quantitative estimate of drug-likeness (QED) is 0.418. The van der Waals surface area contributed by atoms with Gasteiger partial charge in [0.2, 0.25) is 0 Å². The fourth-order valence-corrected chi connectivity index (χ4v) is 3.19. The molecule has 0 bridgehead atoms. The van der Waals surface area contributed by atoms with Gasteiger partial charge in [0.15, 0.2) is 0 Å². The highest BCUT2D eigenvalue weighted by molar-refractivity contribution is 6.06. The molecule has 0 saturated carbocycles. The van der Waals surface area contributed by atoms with Crippen molar-refractivity contribution in [2.75, 3.05) is 7.11 Å². The van der Waals surface area contributed by atoms with Gasteiger partial charge in [-0.3, -0.25) is 0 Å². The van der Waals surface area contributed by atoms with Gasteiger partial charge in [-0.2, -0.15) is 0 Å². The van der Waals surface area contributed by atoms with Crippen LogP contribution in [-0.2, 0) is 4.74 Å². The van der Waals surface area contributed by atoms with Gasteiger partial charge >= 0.3 is 5.97 Å². The second-order valence-corrected chi connectivity index (χ2v) is 6.10. The van der Waals surface area contributed by atoms with Crippen molar-refractivity contribution in [3.05, 3.63) is 96.6 Å². The number of hydrogen-bond acceptors (Lipinski definition) is 3. The van der Waals surface area contributed by atoms with E-state index in [1.54, 1.807) is 0 Å². The molecule has 0 aliphatic heterocycles. The average Bonchev–Trinajstić information content (AvgIpc) is 3.16. The Morgan fingerprint density at radius 2 is 1.11 bits per heavy atom. The first-order chi connectivity index (χ1) is 13.3. The zero-order valence-corrected chi connectivity index (χ0v) is 14.9. The van der Waals surface area contributed by atoms with Crippen LogP contribution in [0.3, 0.4) is 0 Å². The molecule has 0 aliphatic rings. The van der Waals surface area contributed by atoms with E-state index in [2.05, 4.69) is 0 Å². The highest BCUT2D eigenvalue weighted by Crippen LogP contribution is 2.43. The molecule has 3 nitrogen and oxygen atoms in total. The standard InChI is InChI=1S/C24H18O3/c1-26-24(25)21-20(17-11-5-2-6-12-17)22(18-13-7-3-8-14-18)27-23(21)19-15-9-4-10-16-19/h2-16H,1H3. The number of hydrogen-bond donors (Lipinski definition) is 0. The fourth-order valence-electron chi connectivity index (χ4n) is 3.19. The molecule has 0 fully saturated rings. The van der Waals surface area contributed by atoms with Crippen molar-refractivity contribution in [3.63, 3.8) is 0 Å². The van der Waals surface area contributed by atoms with Gasteiger partial charge in [0.05, 0.1) is 7.11 Å². The van der Waals surface area contributed by atoms with Gasteiger partial charge in [-0.15, -0.1) is 0 Å². The van der Waals surface area contributed by atoms with Crippen LogP contribution in [0.2, 0.25) is 0 Å². The van der Waals surface area contributed by atoms with Gasteiger partial charge in [0, 0.05) is 16.7 Å². The monoisotopic (exact) mass is 354 g/mol. The van der Waals surface area contributed by atoms with Crippen LogP contribution in [0.5, 0.6) is 0 Å². The number of benzene rings is 3. The molecule has 0 N–H and O–H groups in total. The Labute approximate surface area is 157 Å². The van der Waals surface area contributed by atoms with Crippen LogP contribution in [0.15, 0.2) is 95.4 Å². The zero-order valence-electron chi connectivity index (χ0n) is 14.9. The Bertz CT molecular complexity index is 1050. The lowest BCUT2D eigenvalue weighted by atomic mass is 9.95. The van der Waals surface area contributed by atoms with Crippen molar-refractivity contribution in [1.29, 1.82) is 0 Å². The maximum absolute atomic E-state index is 12.8. The molecule has 0 amide bonds. The van der Waals surface area contributed by atoms with Gasteiger partial charge in [0.1, 0.15) is 17.1 Å². The Balaban J connectivity index is 2.07. The first kappa shape index (κ1) is 16.9. The molecule has 0 aliphatic carbocycles. The van der Waals surface area contributed by atoms with Gasteiger partial charge in [-0.25, -0.2) is 4.79 Å². The summed E-state index contributed by atoms with van der Waals surface area (Å²) in [7, 11) is 1.39. The van der Waals surface area contributed by atoms with Crippen molar-refractivity contribution in [3.8, 4) is 33.8 Å². The minimum atomic E-state index is -0.418. The maximum Gasteiger partial charge on any atom is 0.342 e. The fraction of sp³-hybridized carbons (Fsp3) is 0.0417. The molecule has 0 atom stereocenters. The van der Waals surface area contributed by atoms with E-state index < -0.39 is 5.97 Å². The predicted molar refractivity (Wildman–Crippen MR) is 106 cm³/mol. The molecule has 27 heavy (non-hydrogen) atoms. The summed E-state index contributed by atoms with van der Waals surface area (Å²) < 4.78 is 11.4. The second kappa shape index (κ2) is 7.34. The molecule has 3 aromatic carbocycles. The molecule has 1 heterocycles. The van der Waals surface area contributed by atoms with Crippen LogP contribution in [0, 0.1) is 0 Å². The summed E-state index contributed by atoms with van der Waals surface area (Å²) in [6, 6.07) is 29.2. The summed E-state index contributed by atoms with van der Waals surface area (Å²) >= 11 is 0. The Hall–Kier alpha value is -3.59. The third-order valence-electron chi connectivity index (χ3n) is 4.43. The van der Waals surface area contributed by atoms with E-state index in [1.165, 1.54) is 7.11 Å². The molecule has 1 aromatic heterocycles. The summed E-state index contributed by atoms with van der Waals surface area (Å²) in [5, 5.41) is 0. The van der Waals surface area contributed by atoms with E-state index in [4.69, 9.17) is 9.15 Å². The number of rotatable bonds is 4. The highest BCUT2D eigenvalue weighted by Gasteiger charge is 2.28. The number of esters is 1. The Kier molecular flexibility index (Phi) is 4.58. The van der Waals surface area contributed by atoms with E-state index in [-0.39, 0.29) is 0 Å². The van der Waals surface area contributed by atoms with Crippen LogP contribution in [0.4, 0.5) is 0 Å². The minimum absolute atomic E-state index is 0.418. The second-order valence-electron chi connectivity index (χ2n) is 6.10. The van der Waals surface area contributed by atoms with E-state index in [0.29, 0.717) is 17.1 Å². The first-order valence-electron chi connectivity index (χ1n) is 8.71. The van der Waals surface area contributed by atoms with Crippen LogP contribution >= 0.6 is 0 Å².